The monoisotopic (exact) mass is 612 g/mol. The molecular weight excluding hydrogens is 588 g/mol. The molecule has 2 aromatic carbocycles. The van der Waals surface area contributed by atoms with E-state index in [1.807, 2.05) is 0 Å². The molecule has 3 aromatic rings. The second kappa shape index (κ2) is 11.2. The van der Waals surface area contributed by atoms with Crippen LogP contribution in [0, 0.1) is 11.7 Å². The molecule has 2 N–H and O–H groups in total. The van der Waals surface area contributed by atoms with Crippen LogP contribution < -0.4 is 5.73 Å². The maximum atomic E-state index is 14.5. The van der Waals surface area contributed by atoms with Crippen LogP contribution >= 0.6 is 11.8 Å². The molecule has 1 amide bonds. The summed E-state index contributed by atoms with van der Waals surface area (Å²) in [4.78, 5) is 30.1. The Morgan fingerprint density at radius 2 is 1.68 bits per heavy atom. The van der Waals surface area contributed by atoms with Gasteiger partial charge in [0, 0.05) is 25.4 Å². The number of hydrogen-bond donors (Lipinski definition) is 1. The zero-order valence-electron chi connectivity index (χ0n) is 21.3. The number of halogens is 4. The zero-order chi connectivity index (χ0) is 29.5. The summed E-state index contributed by atoms with van der Waals surface area (Å²) in [6.45, 7) is 0.417. The molecule has 0 spiro atoms. The van der Waals surface area contributed by atoms with Crippen molar-refractivity contribution in [2.75, 3.05) is 13.1 Å². The zero-order valence-corrected chi connectivity index (χ0v) is 22.9. The van der Waals surface area contributed by atoms with E-state index in [0.717, 1.165) is 33.3 Å². The van der Waals surface area contributed by atoms with E-state index in [2.05, 4.69) is 10.1 Å². The molecule has 0 bridgehead atoms. The first kappa shape index (κ1) is 29.2. The average Bonchev–Trinajstić information content (AvgIpc) is 3.61. The third-order valence-electron chi connectivity index (χ3n) is 6.83. The van der Waals surface area contributed by atoms with Crippen molar-refractivity contribution >= 4 is 33.8 Å². The smallest absolute Gasteiger partial charge is 0.326 e. The second-order valence-corrected chi connectivity index (χ2v) is 12.2. The third-order valence-corrected chi connectivity index (χ3v) is 9.75. The van der Waals surface area contributed by atoms with Crippen LogP contribution in [0.15, 0.2) is 53.7 Å². The van der Waals surface area contributed by atoms with Crippen molar-refractivity contribution in [2.24, 2.45) is 11.7 Å². The highest BCUT2D eigenvalue weighted by Crippen LogP contribution is 2.50. The molecule has 2 fully saturated rings. The van der Waals surface area contributed by atoms with Crippen LogP contribution in [0.5, 0.6) is 0 Å². The highest BCUT2D eigenvalue weighted by Gasteiger charge is 2.67. The first-order valence-electron chi connectivity index (χ1n) is 12.5. The first-order valence-corrected chi connectivity index (χ1v) is 14.9. The van der Waals surface area contributed by atoms with Gasteiger partial charge in [0.25, 0.3) is 11.8 Å². The van der Waals surface area contributed by atoms with Crippen LogP contribution in [0.25, 0.3) is 0 Å². The fourth-order valence-corrected chi connectivity index (χ4v) is 7.37. The number of rotatable bonds is 8. The Hall–Kier alpha value is -3.34. The minimum absolute atomic E-state index is 0.0488. The molecule has 0 saturated carbocycles. The summed E-state index contributed by atoms with van der Waals surface area (Å²) in [5, 5.41) is 3.75. The van der Waals surface area contributed by atoms with Gasteiger partial charge < -0.3 is 5.73 Å². The molecule has 2 aliphatic heterocycles. The summed E-state index contributed by atoms with van der Waals surface area (Å²) in [6, 6.07) is 9.93. The van der Waals surface area contributed by atoms with Gasteiger partial charge in [0.1, 0.15) is 11.9 Å². The number of carbonyl (C=O) groups is 2. The Balaban J connectivity index is 1.56. The van der Waals surface area contributed by atoms with Crippen molar-refractivity contribution in [3.8, 4) is 0 Å². The molecule has 2 aliphatic rings. The van der Waals surface area contributed by atoms with Crippen molar-refractivity contribution in [1.29, 1.82) is 0 Å². The quantitative estimate of drug-likeness (QED) is 0.233. The first-order chi connectivity index (χ1) is 19.4. The maximum absolute atomic E-state index is 14.5. The van der Waals surface area contributed by atoms with Gasteiger partial charge in [-0.05, 0) is 36.1 Å². The van der Waals surface area contributed by atoms with Crippen molar-refractivity contribution < 1.29 is 35.6 Å². The van der Waals surface area contributed by atoms with E-state index in [-0.39, 0.29) is 28.3 Å². The SMILES string of the molecule is NCc1ccc(CSc2nc(C3C(C(F)(F)F)C(=O)N3S(=O)(=O)N3CCCC3)nn2C(=O)c2ccccc2F)cc1. The highest BCUT2D eigenvalue weighted by atomic mass is 32.2. The summed E-state index contributed by atoms with van der Waals surface area (Å²) in [7, 11) is -4.62. The van der Waals surface area contributed by atoms with Gasteiger partial charge in [0.15, 0.2) is 16.9 Å². The van der Waals surface area contributed by atoms with E-state index in [0.29, 0.717) is 24.1 Å². The summed E-state index contributed by atoms with van der Waals surface area (Å²) in [5.74, 6) is -6.81. The summed E-state index contributed by atoms with van der Waals surface area (Å²) >= 11 is 0.929. The van der Waals surface area contributed by atoms with Crippen molar-refractivity contribution in [1.82, 2.24) is 23.4 Å². The van der Waals surface area contributed by atoms with Crippen LogP contribution in [-0.4, -0.2) is 62.9 Å². The Bertz CT molecular complexity index is 1570. The van der Waals surface area contributed by atoms with Gasteiger partial charge in [-0.25, -0.2) is 13.7 Å². The van der Waals surface area contributed by atoms with Crippen LogP contribution in [0.4, 0.5) is 17.6 Å². The number of aromatic nitrogens is 3. The lowest BCUT2D eigenvalue weighted by Crippen LogP contribution is -2.64. The van der Waals surface area contributed by atoms with Crippen LogP contribution in [0.1, 0.15) is 46.2 Å². The van der Waals surface area contributed by atoms with Crippen LogP contribution in [0.2, 0.25) is 0 Å². The normalized spacial score (nSPS) is 19.9. The molecule has 2 unspecified atom stereocenters. The average molecular weight is 613 g/mol. The molecule has 3 heterocycles. The fourth-order valence-electron chi connectivity index (χ4n) is 4.67. The molecule has 2 atom stereocenters. The molecule has 16 heteroatoms. The number of alkyl halides is 3. The number of nitrogens with two attached hydrogens (primary N) is 1. The topological polar surface area (TPSA) is 131 Å². The van der Waals surface area contributed by atoms with Crippen molar-refractivity contribution in [2.45, 2.75) is 42.5 Å². The molecule has 0 radical (unpaired) electrons. The largest absolute Gasteiger partial charge is 0.403 e. The number of amides is 1. The van der Waals surface area contributed by atoms with Crippen molar-refractivity contribution in [3.05, 3.63) is 76.9 Å². The molecule has 1 aromatic heterocycles. The minimum Gasteiger partial charge on any atom is -0.326 e. The lowest BCUT2D eigenvalue weighted by molar-refractivity contribution is -0.219. The lowest BCUT2D eigenvalue weighted by Gasteiger charge is -2.45. The number of hydrogen-bond acceptors (Lipinski definition) is 8. The van der Waals surface area contributed by atoms with E-state index >= 15 is 0 Å². The van der Waals surface area contributed by atoms with E-state index in [1.54, 1.807) is 24.3 Å². The molecule has 0 aliphatic carbocycles. The number of β-lactam (4-membered cyclic amide) rings is 1. The second-order valence-electron chi connectivity index (χ2n) is 9.47. The molecular formula is C25H24F4N6O4S2. The maximum Gasteiger partial charge on any atom is 0.403 e. The van der Waals surface area contributed by atoms with E-state index < -0.39 is 57.4 Å². The Morgan fingerprint density at radius 3 is 2.29 bits per heavy atom. The number of carbonyl (C=O) groups excluding carboxylic acids is 2. The molecule has 41 heavy (non-hydrogen) atoms. The third kappa shape index (κ3) is 5.48. The van der Waals surface area contributed by atoms with E-state index in [4.69, 9.17) is 5.73 Å². The predicted molar refractivity (Wildman–Crippen MR) is 139 cm³/mol. The van der Waals surface area contributed by atoms with E-state index in [1.165, 1.54) is 18.2 Å². The minimum atomic E-state index is -5.11. The molecule has 5 rings (SSSR count). The molecule has 10 nitrogen and oxygen atoms in total. The number of thioether (sulfide) groups is 1. The molecule has 2 saturated heterocycles. The number of benzene rings is 2. The Morgan fingerprint density at radius 1 is 1.05 bits per heavy atom. The number of nitrogens with zero attached hydrogens (tertiary/aromatic N) is 5. The Kier molecular flexibility index (Phi) is 7.93. The summed E-state index contributed by atoms with van der Waals surface area (Å²) < 4.78 is 84.6. The van der Waals surface area contributed by atoms with Gasteiger partial charge in [0.05, 0.1) is 5.56 Å². The predicted octanol–water partition coefficient (Wildman–Crippen LogP) is 3.26. The Labute approximate surface area is 236 Å². The van der Waals surface area contributed by atoms with Gasteiger partial charge in [-0.15, -0.1) is 5.10 Å². The van der Waals surface area contributed by atoms with Crippen molar-refractivity contribution in [3.63, 3.8) is 0 Å². The van der Waals surface area contributed by atoms with Crippen LogP contribution in [-0.2, 0) is 27.3 Å². The molecule has 218 valence electrons. The lowest BCUT2D eigenvalue weighted by atomic mass is 9.89. The summed E-state index contributed by atoms with van der Waals surface area (Å²) in [6.07, 6.45) is -4.13. The highest BCUT2D eigenvalue weighted by molar-refractivity contribution is 7.98. The van der Waals surface area contributed by atoms with Gasteiger partial charge in [-0.3, -0.25) is 9.59 Å². The van der Waals surface area contributed by atoms with Gasteiger partial charge >= 0.3 is 16.4 Å². The van der Waals surface area contributed by atoms with Gasteiger partial charge in [-0.1, -0.05) is 48.2 Å². The van der Waals surface area contributed by atoms with Gasteiger partial charge in [-0.2, -0.15) is 30.6 Å². The van der Waals surface area contributed by atoms with E-state index in [9.17, 15) is 35.6 Å². The summed E-state index contributed by atoms with van der Waals surface area (Å²) in [5.41, 5.74) is 6.82. The standard InChI is InChI=1S/C25H24F4N6O4S2/c26-18-6-2-1-5-17(18)22(36)34-24(40-14-16-9-7-15(13-30)8-10-16)31-21(32-34)20-19(25(27,28)29)23(37)35(20)41(38,39)33-11-3-4-12-33/h1-2,5-10,19-20H,3-4,11-14,30H2. The van der Waals surface area contributed by atoms with Gasteiger partial charge in [0.2, 0.25) is 0 Å². The van der Waals surface area contributed by atoms with Crippen LogP contribution in [0.3, 0.4) is 0 Å². The fraction of sp³-hybridized carbons (Fsp3) is 0.360.